The van der Waals surface area contributed by atoms with E-state index in [0.29, 0.717) is 28.2 Å². The van der Waals surface area contributed by atoms with E-state index in [2.05, 4.69) is 120 Å². The number of nitrogens with zero attached hydrogens (tertiary/aromatic N) is 3. The van der Waals surface area contributed by atoms with E-state index in [-0.39, 0.29) is 31.2 Å². The van der Waals surface area contributed by atoms with E-state index in [1.165, 1.54) is 23.5 Å². The van der Waals surface area contributed by atoms with Gasteiger partial charge in [0.25, 0.3) is 0 Å². The normalized spacial score (nSPS) is 13.9. The van der Waals surface area contributed by atoms with Gasteiger partial charge in [-0.05, 0) is 99.2 Å². The molecule has 71 heavy (non-hydrogen) atoms. The monoisotopic (exact) mass is 1130 g/mol. The molecule has 1 radical (unpaired) electrons. The summed E-state index contributed by atoms with van der Waals surface area (Å²) >= 11 is 0. The SMILES string of the molecule is [2H]C(C)(C)c1cc(-c2ccc([Si](C)(C)C)cc2)cc(C([2H])(C)C)c1-n1c(-c2[c-]ccc3c2oc2cc(-c4ccccc4)ccc23)nc2ccccc21.[2H]C([2H])([2H])c1ccc(-c2[c-]cc(C([2H])([2H])[2H])c(-c3ccccc3)c2)nc1.[Ir]. The van der Waals surface area contributed by atoms with Crippen LogP contribution in [0.5, 0.6) is 0 Å². The smallest absolute Gasteiger partial charge is 0.121 e. The van der Waals surface area contributed by atoms with Gasteiger partial charge in [0.15, 0.2) is 0 Å². The number of imidazole rings is 1. The van der Waals surface area contributed by atoms with Gasteiger partial charge in [0, 0.05) is 48.3 Å². The maximum Gasteiger partial charge on any atom is 0.121 e. The Morgan fingerprint density at radius 2 is 1.30 bits per heavy atom. The Kier molecular flexibility index (Phi) is 11.4. The third kappa shape index (κ3) is 9.90. The number of hydrogen-bond donors (Lipinski definition) is 0. The second kappa shape index (κ2) is 20.4. The first-order chi connectivity index (χ1) is 36.8. The van der Waals surface area contributed by atoms with E-state index in [0.717, 1.165) is 77.6 Å². The minimum atomic E-state index is -2.27. The van der Waals surface area contributed by atoms with Crippen LogP contribution in [0.15, 0.2) is 187 Å². The summed E-state index contributed by atoms with van der Waals surface area (Å²) in [6.07, 6.45) is 1.32. The van der Waals surface area contributed by atoms with Crippen LogP contribution in [0.4, 0.5) is 0 Å². The average molecular weight is 1130 g/mol. The van der Waals surface area contributed by atoms with Crippen LogP contribution >= 0.6 is 0 Å². The number of aryl methyl sites for hydroxylation is 2. The van der Waals surface area contributed by atoms with E-state index in [1.54, 1.807) is 12.1 Å². The zero-order valence-electron chi connectivity index (χ0n) is 48.9. The van der Waals surface area contributed by atoms with E-state index in [4.69, 9.17) is 17.6 Å². The van der Waals surface area contributed by atoms with Gasteiger partial charge >= 0.3 is 0 Å². The van der Waals surface area contributed by atoms with Gasteiger partial charge in [0.2, 0.25) is 0 Å². The Bertz CT molecular complexity index is 3950. The van der Waals surface area contributed by atoms with Crippen molar-refractivity contribution in [1.82, 2.24) is 14.5 Å². The topological polar surface area (TPSA) is 43.9 Å². The van der Waals surface area contributed by atoms with Crippen molar-refractivity contribution in [2.24, 2.45) is 0 Å². The van der Waals surface area contributed by atoms with E-state index in [9.17, 15) is 2.74 Å². The Balaban J connectivity index is 0.000000236. The van der Waals surface area contributed by atoms with Crippen molar-refractivity contribution < 1.29 is 35.5 Å². The van der Waals surface area contributed by atoms with Gasteiger partial charge in [-0.2, -0.15) is 0 Å². The quantitative estimate of drug-likeness (QED) is 0.107. The zero-order valence-corrected chi connectivity index (χ0v) is 44.3. The van der Waals surface area contributed by atoms with E-state index < -0.39 is 33.6 Å². The van der Waals surface area contributed by atoms with Gasteiger partial charge in [-0.3, -0.25) is 4.98 Å². The summed E-state index contributed by atoms with van der Waals surface area (Å²) < 4.78 is 73.6. The molecule has 355 valence electrons. The number of para-hydroxylation sites is 2. The fourth-order valence-corrected chi connectivity index (χ4v) is 10.3. The van der Waals surface area contributed by atoms with Gasteiger partial charge in [0.05, 0.1) is 30.5 Å². The molecule has 0 aliphatic heterocycles. The molecule has 0 fully saturated rings. The molecule has 0 aliphatic rings. The standard InChI is InChI=1S/C46H43N2OSi.C19H16N.Ir/c1-29(2)39-26-34(32-20-23-35(24-21-32)50(5,6)7)27-40(30(3)4)44(39)48-42-19-12-11-18-41(42)47-46(48)38-17-13-16-37-36-25-22-33(28-43(36)49-45(37)38)31-14-9-8-10-15-31;1-14-8-11-19(20-13-14)17-10-9-15(2)18(12-17)16-6-4-3-5-7-16;/h8-16,18-30H,1-7H3;3-9,11-13H,1-2H3;/q2*-1;/i29D,30D;1D3,2D3;. The predicted octanol–water partition coefficient (Wildman–Crippen LogP) is 17.3. The van der Waals surface area contributed by atoms with Crippen molar-refractivity contribution in [3.63, 3.8) is 0 Å². The maximum atomic E-state index is 9.56. The summed E-state index contributed by atoms with van der Waals surface area (Å²) in [7, 11) is -1.48. The van der Waals surface area contributed by atoms with Crippen molar-refractivity contribution >= 4 is 46.2 Å². The molecule has 3 heterocycles. The fraction of sp³-hybridized carbons (Fsp3) is 0.169. The molecule has 0 bridgehead atoms. The van der Waals surface area contributed by atoms with Crippen LogP contribution in [0.3, 0.4) is 0 Å². The molecule has 0 saturated carbocycles. The fourth-order valence-electron chi connectivity index (χ4n) is 9.15. The second-order valence-electron chi connectivity index (χ2n) is 19.3. The van der Waals surface area contributed by atoms with Crippen LogP contribution in [0.25, 0.3) is 94.7 Å². The second-order valence-corrected chi connectivity index (χ2v) is 24.3. The molecule has 11 rings (SSSR count). The van der Waals surface area contributed by atoms with Gasteiger partial charge in [-0.15, -0.1) is 47.5 Å². The average Bonchev–Trinajstić information content (AvgIpc) is 4.21. The van der Waals surface area contributed by atoms with Crippen LogP contribution in [0.1, 0.15) is 72.7 Å². The molecule has 11 aromatic rings. The van der Waals surface area contributed by atoms with Crippen LogP contribution in [0.2, 0.25) is 19.6 Å². The van der Waals surface area contributed by atoms with Crippen LogP contribution in [-0.4, -0.2) is 22.6 Å². The van der Waals surface area contributed by atoms with Crippen molar-refractivity contribution in [1.29, 1.82) is 0 Å². The number of benzene rings is 8. The van der Waals surface area contributed by atoms with E-state index >= 15 is 0 Å². The molecule has 0 aliphatic carbocycles. The third-order valence-electron chi connectivity index (χ3n) is 12.9. The van der Waals surface area contributed by atoms with Gasteiger partial charge in [-0.25, -0.2) is 0 Å². The van der Waals surface area contributed by atoms with E-state index in [1.807, 2.05) is 100 Å². The van der Waals surface area contributed by atoms with Gasteiger partial charge in [-0.1, -0.05) is 197 Å². The molecule has 0 unspecified atom stereocenters. The predicted molar refractivity (Wildman–Crippen MR) is 298 cm³/mol. The first-order valence-corrected chi connectivity index (χ1v) is 27.1. The van der Waals surface area contributed by atoms with Crippen molar-refractivity contribution in [3.8, 4) is 61.7 Å². The summed E-state index contributed by atoms with van der Waals surface area (Å²) in [6.45, 7) is 10.3. The molecule has 6 heteroatoms. The molecule has 3 aromatic heterocycles. The molecule has 4 nitrogen and oxygen atoms in total. The molecular formula is C65H59IrN3OSi-2. The summed E-state index contributed by atoms with van der Waals surface area (Å²) in [4.78, 5) is 9.47. The molecule has 0 N–H and O–H groups in total. The zero-order chi connectivity index (χ0) is 55.5. The van der Waals surface area contributed by atoms with Crippen molar-refractivity contribution in [2.45, 2.75) is 72.8 Å². The van der Waals surface area contributed by atoms with Crippen LogP contribution in [0, 0.1) is 25.8 Å². The summed E-state index contributed by atoms with van der Waals surface area (Å²) in [5, 5.41) is 3.41. The molecule has 0 spiro atoms. The largest absolute Gasteiger partial charge is 0.501 e. The van der Waals surface area contributed by atoms with Gasteiger partial charge in [0.1, 0.15) is 5.58 Å². The molecule has 0 amide bonds. The number of furan rings is 1. The molecule has 0 atom stereocenters. The number of hydrogen-bond acceptors (Lipinski definition) is 3. The maximum absolute atomic E-state index is 9.56. The van der Waals surface area contributed by atoms with Crippen LogP contribution < -0.4 is 5.19 Å². The molecule has 0 saturated heterocycles. The van der Waals surface area contributed by atoms with Crippen LogP contribution in [-0.2, 0) is 20.1 Å². The first kappa shape index (κ1) is 39.7. The number of fused-ring (bicyclic) bond motifs is 4. The third-order valence-corrected chi connectivity index (χ3v) is 15.0. The van der Waals surface area contributed by atoms with Crippen molar-refractivity contribution in [2.75, 3.05) is 0 Å². The Hall–Kier alpha value is -6.95. The minimum absolute atomic E-state index is 0. The Morgan fingerprint density at radius 1 is 0.634 bits per heavy atom. The number of pyridine rings is 1. The Labute approximate surface area is 445 Å². The number of rotatable bonds is 9. The summed E-state index contributed by atoms with van der Waals surface area (Å²) in [5.41, 5.74) is 13.6. The minimum Gasteiger partial charge on any atom is -0.501 e. The Morgan fingerprint density at radius 3 is 1.94 bits per heavy atom. The molecule has 8 aromatic carbocycles. The van der Waals surface area contributed by atoms with Gasteiger partial charge < -0.3 is 14.0 Å². The summed E-state index contributed by atoms with van der Waals surface area (Å²) in [5.74, 6) is -1.35. The summed E-state index contributed by atoms with van der Waals surface area (Å²) in [6, 6.07) is 64.0. The first-order valence-electron chi connectivity index (χ1n) is 27.6. The number of aromatic nitrogens is 3. The van der Waals surface area contributed by atoms with Crippen molar-refractivity contribution in [3.05, 3.63) is 217 Å². The molecular weight excluding hydrogens is 1060 g/mol.